The van der Waals surface area contributed by atoms with Crippen LogP contribution in [-0.4, -0.2) is 24.6 Å². The van der Waals surface area contributed by atoms with Crippen molar-refractivity contribution in [3.63, 3.8) is 0 Å². The van der Waals surface area contributed by atoms with Gasteiger partial charge in [-0.15, -0.1) is 0 Å². The van der Waals surface area contributed by atoms with Crippen molar-refractivity contribution in [2.24, 2.45) is 0 Å². The zero-order chi connectivity index (χ0) is 22.5. The molecule has 8 heteroatoms. The lowest BCUT2D eigenvalue weighted by molar-refractivity contribution is -0.118. The predicted octanol–water partition coefficient (Wildman–Crippen LogP) is 4.32. The number of H-pyrrole nitrogens is 1. The number of carbonyl (C=O) groups excluding carboxylic acids is 1. The summed E-state index contributed by atoms with van der Waals surface area (Å²) in [4.78, 5) is 27.1. The monoisotopic (exact) mass is 481 g/mol. The molecule has 2 aromatic carbocycles. The fraction of sp³-hybridized carbons (Fsp3) is 0.174. The van der Waals surface area contributed by atoms with E-state index in [1.807, 2.05) is 37.3 Å². The normalized spacial score (nSPS) is 10.3. The second kappa shape index (κ2) is 9.49. The predicted molar refractivity (Wildman–Crippen MR) is 122 cm³/mol. The highest BCUT2D eigenvalue weighted by molar-refractivity contribution is 9.10. The maximum absolute atomic E-state index is 12.3. The van der Waals surface area contributed by atoms with Gasteiger partial charge in [-0.25, -0.2) is 0 Å². The van der Waals surface area contributed by atoms with Crippen LogP contribution in [0.4, 0.5) is 5.69 Å². The highest BCUT2D eigenvalue weighted by Gasteiger charge is 2.17. The lowest BCUT2D eigenvalue weighted by atomic mass is 10.0. The number of nitrogens with zero attached hydrogens (tertiary/aromatic N) is 1. The highest BCUT2D eigenvalue weighted by Crippen LogP contribution is 2.40. The number of para-hydroxylation sites is 1. The van der Waals surface area contributed by atoms with Gasteiger partial charge in [0, 0.05) is 16.9 Å². The molecule has 3 aromatic rings. The lowest BCUT2D eigenvalue weighted by Crippen LogP contribution is -2.21. The fourth-order valence-electron chi connectivity index (χ4n) is 3.08. The Morgan fingerprint density at radius 1 is 1.23 bits per heavy atom. The van der Waals surface area contributed by atoms with Crippen LogP contribution in [0.1, 0.15) is 16.8 Å². The minimum atomic E-state index is -0.458. The van der Waals surface area contributed by atoms with Gasteiger partial charge in [-0.1, -0.05) is 18.2 Å². The van der Waals surface area contributed by atoms with Crippen LogP contribution in [0.25, 0.3) is 11.1 Å². The lowest BCUT2D eigenvalue weighted by Gasteiger charge is -2.15. The molecule has 31 heavy (non-hydrogen) atoms. The van der Waals surface area contributed by atoms with E-state index in [9.17, 15) is 14.9 Å². The van der Waals surface area contributed by atoms with Crippen LogP contribution in [0, 0.1) is 25.2 Å². The first-order valence-electron chi connectivity index (χ1n) is 9.34. The molecule has 2 N–H and O–H groups in total. The summed E-state index contributed by atoms with van der Waals surface area (Å²) in [5, 5.41) is 12.2. The zero-order valence-corrected chi connectivity index (χ0v) is 18.8. The Morgan fingerprint density at radius 2 is 1.97 bits per heavy atom. The number of rotatable bonds is 6. The SMILES string of the molecule is COc1cc(-c2cc(C)[nH]c(=O)c2C#N)cc(Br)c1OCC(=O)Nc1ccccc1C. The van der Waals surface area contributed by atoms with Crippen LogP contribution >= 0.6 is 15.9 Å². The number of pyridine rings is 1. The molecule has 1 aromatic heterocycles. The number of ether oxygens (including phenoxy) is 2. The van der Waals surface area contributed by atoms with Crippen molar-refractivity contribution in [1.29, 1.82) is 5.26 Å². The number of aromatic nitrogens is 1. The first-order valence-corrected chi connectivity index (χ1v) is 10.1. The molecule has 1 amide bonds. The number of nitrogens with one attached hydrogen (secondary N) is 2. The van der Waals surface area contributed by atoms with Crippen molar-refractivity contribution in [1.82, 2.24) is 4.98 Å². The molecule has 0 aliphatic carbocycles. The Hall–Kier alpha value is -3.57. The molecule has 0 radical (unpaired) electrons. The number of aromatic amines is 1. The highest BCUT2D eigenvalue weighted by atomic mass is 79.9. The smallest absolute Gasteiger partial charge is 0.266 e. The first kappa shape index (κ1) is 22.1. The van der Waals surface area contributed by atoms with Gasteiger partial charge in [0.25, 0.3) is 11.5 Å². The number of methoxy groups -OCH3 is 1. The first-order chi connectivity index (χ1) is 14.8. The van der Waals surface area contributed by atoms with Gasteiger partial charge in [0.05, 0.1) is 11.6 Å². The number of hydrogen-bond acceptors (Lipinski definition) is 5. The maximum atomic E-state index is 12.3. The van der Waals surface area contributed by atoms with Gasteiger partial charge in [-0.2, -0.15) is 5.26 Å². The van der Waals surface area contributed by atoms with E-state index in [-0.39, 0.29) is 18.1 Å². The van der Waals surface area contributed by atoms with Crippen molar-refractivity contribution in [3.05, 3.63) is 74.1 Å². The number of benzene rings is 2. The molecule has 0 bridgehead atoms. The van der Waals surface area contributed by atoms with Crippen LogP contribution in [0.3, 0.4) is 0 Å². The number of hydrogen-bond donors (Lipinski definition) is 2. The number of anilines is 1. The van der Waals surface area contributed by atoms with Gasteiger partial charge in [0.2, 0.25) is 0 Å². The third kappa shape index (κ3) is 4.95. The van der Waals surface area contributed by atoms with Crippen LogP contribution in [0.2, 0.25) is 0 Å². The number of halogens is 1. The Kier molecular flexibility index (Phi) is 6.78. The van der Waals surface area contributed by atoms with E-state index in [4.69, 9.17) is 9.47 Å². The number of amides is 1. The van der Waals surface area contributed by atoms with E-state index in [1.54, 1.807) is 25.1 Å². The van der Waals surface area contributed by atoms with E-state index in [0.29, 0.717) is 38.5 Å². The summed E-state index contributed by atoms with van der Waals surface area (Å²) in [6, 6.07) is 14.5. The molecule has 3 rings (SSSR count). The molecule has 1 heterocycles. The Labute approximate surface area is 187 Å². The van der Waals surface area contributed by atoms with Crippen LogP contribution < -0.4 is 20.3 Å². The molecule has 0 aliphatic rings. The molecule has 7 nitrogen and oxygen atoms in total. The second-order valence-electron chi connectivity index (χ2n) is 6.82. The molecule has 0 saturated heterocycles. The van der Waals surface area contributed by atoms with Crippen molar-refractivity contribution in [3.8, 4) is 28.7 Å². The summed E-state index contributed by atoms with van der Waals surface area (Å²) < 4.78 is 11.7. The number of carbonyl (C=O) groups is 1. The number of nitriles is 1. The van der Waals surface area contributed by atoms with Gasteiger partial charge in [0.15, 0.2) is 18.1 Å². The molecular weight excluding hydrogens is 462 g/mol. The summed E-state index contributed by atoms with van der Waals surface area (Å²) in [6.45, 7) is 3.42. The van der Waals surface area contributed by atoms with E-state index in [0.717, 1.165) is 5.56 Å². The van der Waals surface area contributed by atoms with Gasteiger partial charge >= 0.3 is 0 Å². The molecular formula is C23H20BrN3O4. The molecule has 0 atom stereocenters. The van der Waals surface area contributed by atoms with Crippen molar-refractivity contribution in [2.45, 2.75) is 13.8 Å². The van der Waals surface area contributed by atoms with Gasteiger partial charge in [-0.3, -0.25) is 9.59 Å². The van der Waals surface area contributed by atoms with Gasteiger partial charge in [0.1, 0.15) is 11.6 Å². The molecule has 0 saturated carbocycles. The van der Waals surface area contributed by atoms with Crippen LogP contribution in [0.5, 0.6) is 11.5 Å². The Morgan fingerprint density at radius 3 is 2.65 bits per heavy atom. The van der Waals surface area contributed by atoms with Crippen molar-refractivity contribution >= 4 is 27.5 Å². The molecule has 0 unspecified atom stereocenters. The average molecular weight is 482 g/mol. The standard InChI is InChI=1S/C23H20BrN3O4/c1-13-6-4-5-7-19(13)27-21(28)12-31-22-18(24)9-15(10-20(22)30-3)16-8-14(2)26-23(29)17(16)11-25/h4-10H,12H2,1-3H3,(H,26,29)(H,27,28). The van der Waals surface area contributed by atoms with Crippen molar-refractivity contribution in [2.75, 3.05) is 19.0 Å². The van der Waals surface area contributed by atoms with Gasteiger partial charge < -0.3 is 19.8 Å². The summed E-state index contributed by atoms with van der Waals surface area (Å²) in [7, 11) is 1.47. The van der Waals surface area contributed by atoms with Crippen molar-refractivity contribution < 1.29 is 14.3 Å². The third-order valence-electron chi connectivity index (χ3n) is 4.59. The Balaban J connectivity index is 1.87. The van der Waals surface area contributed by atoms with Crippen LogP contribution in [-0.2, 0) is 4.79 Å². The van der Waals surface area contributed by atoms with E-state index in [2.05, 4.69) is 26.2 Å². The minimum Gasteiger partial charge on any atom is -0.493 e. The average Bonchev–Trinajstić information content (AvgIpc) is 2.73. The number of aryl methyl sites for hydroxylation is 2. The van der Waals surface area contributed by atoms with Crippen LogP contribution in [0.15, 0.2) is 51.7 Å². The topological polar surface area (TPSA) is 104 Å². The fourth-order valence-corrected chi connectivity index (χ4v) is 3.64. The summed E-state index contributed by atoms with van der Waals surface area (Å²) in [6.07, 6.45) is 0. The molecule has 0 fully saturated rings. The molecule has 0 aliphatic heterocycles. The summed E-state index contributed by atoms with van der Waals surface area (Å²) >= 11 is 3.44. The summed E-state index contributed by atoms with van der Waals surface area (Å²) in [5.74, 6) is 0.380. The molecule has 158 valence electrons. The second-order valence-corrected chi connectivity index (χ2v) is 7.68. The maximum Gasteiger partial charge on any atom is 0.266 e. The minimum absolute atomic E-state index is 0.00540. The van der Waals surface area contributed by atoms with Gasteiger partial charge in [-0.05, 0) is 65.2 Å². The van der Waals surface area contributed by atoms with E-state index >= 15 is 0 Å². The third-order valence-corrected chi connectivity index (χ3v) is 5.18. The zero-order valence-electron chi connectivity index (χ0n) is 17.2. The van der Waals surface area contributed by atoms with E-state index < -0.39 is 5.56 Å². The van der Waals surface area contributed by atoms with E-state index in [1.165, 1.54) is 7.11 Å². The largest absolute Gasteiger partial charge is 0.493 e. The summed E-state index contributed by atoms with van der Waals surface area (Å²) in [5.41, 5.74) is 2.92. The Bertz CT molecular complexity index is 1240. The molecule has 0 spiro atoms. The quantitative estimate of drug-likeness (QED) is 0.545.